The van der Waals surface area contributed by atoms with E-state index in [0.717, 1.165) is 12.2 Å². The Bertz CT molecular complexity index is 1500. The number of benzene rings is 2. The normalized spacial score (nSPS) is 11.7. The van der Waals surface area contributed by atoms with Crippen molar-refractivity contribution in [1.82, 2.24) is 29.7 Å². The number of pyridine rings is 1. The van der Waals surface area contributed by atoms with Gasteiger partial charge in [0.15, 0.2) is 5.03 Å². The molecule has 3 N–H and O–H groups in total. The van der Waals surface area contributed by atoms with Gasteiger partial charge in [-0.2, -0.15) is 5.10 Å². The van der Waals surface area contributed by atoms with Gasteiger partial charge in [-0.05, 0) is 69.2 Å². The number of fused-ring (bicyclic) bond motifs is 1. The number of amides is 1. The standard InChI is InChI=1S/C25H28FN7O3S/c1-27-37(35,36)24-9-4-17(14-29-24)15-30-25(34)21-12-19(28-10-11-32(2)3)13-23-22(21)16-31-33(23)20-7-5-18(26)6-8-20/h4-9,12-14,16,27-28H,10-11,15H2,1-3H3,(H,30,34). The molecule has 0 unspecified atom stereocenters. The second kappa shape index (κ2) is 11.0. The summed E-state index contributed by atoms with van der Waals surface area (Å²) in [6.07, 6.45) is 3.02. The second-order valence-electron chi connectivity index (χ2n) is 8.61. The van der Waals surface area contributed by atoms with Gasteiger partial charge in [0.2, 0.25) is 0 Å². The van der Waals surface area contributed by atoms with Crippen molar-refractivity contribution in [3.63, 3.8) is 0 Å². The highest BCUT2D eigenvalue weighted by Crippen LogP contribution is 2.26. The number of anilines is 1. The largest absolute Gasteiger partial charge is 0.384 e. The Labute approximate surface area is 214 Å². The van der Waals surface area contributed by atoms with E-state index in [2.05, 4.69) is 25.4 Å². The highest BCUT2D eigenvalue weighted by molar-refractivity contribution is 7.89. The number of sulfonamides is 1. The Balaban J connectivity index is 1.62. The summed E-state index contributed by atoms with van der Waals surface area (Å²) in [5.74, 6) is -0.677. The monoisotopic (exact) mass is 525 g/mol. The van der Waals surface area contributed by atoms with Gasteiger partial charge in [0.25, 0.3) is 15.9 Å². The molecule has 37 heavy (non-hydrogen) atoms. The van der Waals surface area contributed by atoms with E-state index < -0.39 is 10.0 Å². The zero-order valence-electron chi connectivity index (χ0n) is 20.7. The Morgan fingerprint density at radius 3 is 2.49 bits per heavy atom. The average molecular weight is 526 g/mol. The molecule has 0 spiro atoms. The highest BCUT2D eigenvalue weighted by Gasteiger charge is 2.17. The second-order valence-corrected chi connectivity index (χ2v) is 10.4. The summed E-state index contributed by atoms with van der Waals surface area (Å²) >= 11 is 0. The molecule has 0 aliphatic rings. The average Bonchev–Trinajstić information content (AvgIpc) is 3.31. The van der Waals surface area contributed by atoms with E-state index >= 15 is 0 Å². The van der Waals surface area contributed by atoms with Crippen LogP contribution in [0.4, 0.5) is 10.1 Å². The summed E-state index contributed by atoms with van der Waals surface area (Å²) in [5.41, 5.74) is 3.15. The van der Waals surface area contributed by atoms with Crippen molar-refractivity contribution in [3.8, 4) is 5.69 Å². The van der Waals surface area contributed by atoms with Gasteiger partial charge in [0, 0.05) is 36.9 Å². The molecule has 194 valence electrons. The summed E-state index contributed by atoms with van der Waals surface area (Å²) in [6.45, 7) is 1.61. The minimum atomic E-state index is -3.64. The Morgan fingerprint density at radius 2 is 1.84 bits per heavy atom. The van der Waals surface area contributed by atoms with E-state index in [1.54, 1.807) is 35.1 Å². The lowest BCUT2D eigenvalue weighted by Gasteiger charge is -2.14. The lowest BCUT2D eigenvalue weighted by molar-refractivity contribution is 0.0952. The molecule has 2 aromatic heterocycles. The molecule has 2 aromatic carbocycles. The predicted molar refractivity (Wildman–Crippen MR) is 140 cm³/mol. The fourth-order valence-corrected chi connectivity index (χ4v) is 4.33. The van der Waals surface area contributed by atoms with Crippen molar-refractivity contribution in [2.75, 3.05) is 39.5 Å². The van der Waals surface area contributed by atoms with Gasteiger partial charge in [0.1, 0.15) is 5.82 Å². The first-order chi connectivity index (χ1) is 17.7. The van der Waals surface area contributed by atoms with Crippen LogP contribution in [0.15, 0.2) is 66.0 Å². The summed E-state index contributed by atoms with van der Waals surface area (Å²) in [5, 5.41) is 11.2. The van der Waals surface area contributed by atoms with Gasteiger partial charge < -0.3 is 15.5 Å². The van der Waals surface area contributed by atoms with Gasteiger partial charge in [-0.3, -0.25) is 4.79 Å². The number of carbonyl (C=O) groups is 1. The van der Waals surface area contributed by atoms with Crippen molar-refractivity contribution in [2.24, 2.45) is 0 Å². The van der Waals surface area contributed by atoms with Crippen LogP contribution in [0.5, 0.6) is 0 Å². The molecule has 12 heteroatoms. The molecular weight excluding hydrogens is 497 g/mol. The topological polar surface area (TPSA) is 121 Å². The summed E-state index contributed by atoms with van der Waals surface area (Å²) in [4.78, 5) is 19.3. The SMILES string of the molecule is CNS(=O)(=O)c1ccc(CNC(=O)c2cc(NCCN(C)C)cc3c2cnn3-c2ccc(F)cc2)cn1. The maximum Gasteiger partial charge on any atom is 0.257 e. The molecule has 0 aliphatic carbocycles. The smallest absolute Gasteiger partial charge is 0.257 e. The summed E-state index contributed by atoms with van der Waals surface area (Å²) in [6, 6.07) is 12.6. The van der Waals surface area contributed by atoms with Gasteiger partial charge in [-0.15, -0.1) is 0 Å². The summed E-state index contributed by atoms with van der Waals surface area (Å²) in [7, 11) is 1.62. The Hall–Kier alpha value is -3.87. The molecule has 0 aliphatic heterocycles. The van der Waals surface area contributed by atoms with Crippen LogP contribution in [-0.4, -0.2) is 68.2 Å². The van der Waals surface area contributed by atoms with E-state index in [-0.39, 0.29) is 23.3 Å². The first kappa shape index (κ1) is 26.2. The maximum absolute atomic E-state index is 13.5. The number of rotatable bonds is 10. The third kappa shape index (κ3) is 6.10. The zero-order chi connectivity index (χ0) is 26.6. The predicted octanol–water partition coefficient (Wildman–Crippen LogP) is 2.37. The molecule has 4 rings (SSSR count). The molecule has 0 bridgehead atoms. The molecule has 0 atom stereocenters. The lowest BCUT2D eigenvalue weighted by atomic mass is 10.1. The van der Waals surface area contributed by atoms with E-state index in [0.29, 0.717) is 34.3 Å². The Morgan fingerprint density at radius 1 is 1.08 bits per heavy atom. The van der Waals surface area contributed by atoms with E-state index in [9.17, 15) is 17.6 Å². The molecule has 0 saturated carbocycles. The van der Waals surface area contributed by atoms with Gasteiger partial charge in [0.05, 0.1) is 23.0 Å². The number of hydrogen-bond acceptors (Lipinski definition) is 7. The molecule has 4 aromatic rings. The molecule has 0 radical (unpaired) electrons. The lowest BCUT2D eigenvalue weighted by Crippen LogP contribution is -2.24. The van der Waals surface area contributed by atoms with E-state index in [4.69, 9.17) is 0 Å². The van der Waals surface area contributed by atoms with Gasteiger partial charge >= 0.3 is 0 Å². The minimum Gasteiger partial charge on any atom is -0.384 e. The van der Waals surface area contributed by atoms with Crippen LogP contribution in [0.1, 0.15) is 15.9 Å². The first-order valence-electron chi connectivity index (χ1n) is 11.5. The van der Waals surface area contributed by atoms with E-state index in [1.165, 1.54) is 31.4 Å². The fraction of sp³-hybridized carbons (Fsp3) is 0.240. The van der Waals surface area contributed by atoms with Crippen molar-refractivity contribution >= 4 is 32.5 Å². The molecule has 2 heterocycles. The van der Waals surface area contributed by atoms with Crippen molar-refractivity contribution in [2.45, 2.75) is 11.6 Å². The zero-order valence-corrected chi connectivity index (χ0v) is 21.5. The maximum atomic E-state index is 13.5. The van der Waals surface area contributed by atoms with Crippen LogP contribution in [-0.2, 0) is 16.6 Å². The number of halogens is 1. The van der Waals surface area contributed by atoms with Crippen LogP contribution in [0.2, 0.25) is 0 Å². The van der Waals surface area contributed by atoms with Gasteiger partial charge in [-0.1, -0.05) is 6.07 Å². The minimum absolute atomic E-state index is 0.100. The highest BCUT2D eigenvalue weighted by atomic mass is 32.2. The first-order valence-corrected chi connectivity index (χ1v) is 13.0. The van der Waals surface area contributed by atoms with Crippen LogP contribution in [0.25, 0.3) is 16.6 Å². The van der Waals surface area contributed by atoms with Crippen LogP contribution in [0.3, 0.4) is 0 Å². The van der Waals surface area contributed by atoms with E-state index in [1.807, 2.05) is 25.1 Å². The number of nitrogens with one attached hydrogen (secondary N) is 3. The molecule has 0 fully saturated rings. The van der Waals surface area contributed by atoms with Gasteiger partial charge in [-0.25, -0.2) is 27.2 Å². The van der Waals surface area contributed by atoms with Crippen molar-refractivity contribution < 1.29 is 17.6 Å². The van der Waals surface area contributed by atoms with Crippen LogP contribution >= 0.6 is 0 Å². The Kier molecular flexibility index (Phi) is 7.81. The van der Waals surface area contributed by atoms with Crippen LogP contribution < -0.4 is 15.4 Å². The quantitative estimate of drug-likeness (QED) is 0.291. The molecule has 1 amide bonds. The molecule has 0 saturated heterocycles. The molecular formula is C25H28FN7O3S. The number of likely N-dealkylation sites (N-methyl/N-ethyl adjacent to an activating group) is 1. The third-order valence-corrected chi connectivity index (χ3v) is 7.02. The van der Waals surface area contributed by atoms with Crippen molar-refractivity contribution in [1.29, 1.82) is 0 Å². The van der Waals surface area contributed by atoms with Crippen LogP contribution in [0, 0.1) is 5.82 Å². The van der Waals surface area contributed by atoms with Crippen molar-refractivity contribution in [3.05, 3.63) is 77.9 Å². The fourth-order valence-electron chi connectivity index (χ4n) is 3.68. The molecule has 10 nitrogen and oxygen atoms in total. The number of aromatic nitrogens is 3. The number of nitrogens with zero attached hydrogens (tertiary/aromatic N) is 4. The number of carbonyl (C=O) groups excluding carboxylic acids is 1. The summed E-state index contributed by atoms with van der Waals surface area (Å²) < 4.78 is 41.1. The third-order valence-electron chi connectivity index (χ3n) is 5.69. The number of hydrogen-bond donors (Lipinski definition) is 3.